The summed E-state index contributed by atoms with van der Waals surface area (Å²) in [7, 11) is 0. The van der Waals surface area contributed by atoms with E-state index in [4.69, 9.17) is 0 Å². The maximum absolute atomic E-state index is 12.4. The molecule has 2 N–H and O–H groups in total. The standard InChI is InChI=1S/C14H19N3O/c1-10-3-2-8-17(10)14(18)11-4-5-12-13(9-11)16-7-6-15-12/h4-5,9-10,15-16H,2-3,6-8H2,1H3. The Hall–Kier alpha value is -1.71. The summed E-state index contributed by atoms with van der Waals surface area (Å²) in [6.45, 7) is 4.86. The molecule has 1 aromatic rings. The van der Waals surface area contributed by atoms with Crippen LogP contribution < -0.4 is 10.6 Å². The molecule has 4 nitrogen and oxygen atoms in total. The van der Waals surface area contributed by atoms with Gasteiger partial charge in [0.05, 0.1) is 11.4 Å². The number of nitrogens with zero attached hydrogens (tertiary/aromatic N) is 1. The van der Waals surface area contributed by atoms with Crippen LogP contribution in [0.25, 0.3) is 0 Å². The lowest BCUT2D eigenvalue weighted by molar-refractivity contribution is 0.0747. The van der Waals surface area contributed by atoms with Gasteiger partial charge in [0, 0.05) is 31.2 Å². The molecule has 1 fully saturated rings. The van der Waals surface area contributed by atoms with Crippen LogP contribution >= 0.6 is 0 Å². The van der Waals surface area contributed by atoms with E-state index in [-0.39, 0.29) is 5.91 Å². The summed E-state index contributed by atoms with van der Waals surface area (Å²) in [5.41, 5.74) is 2.92. The monoisotopic (exact) mass is 245 g/mol. The first-order chi connectivity index (χ1) is 8.75. The Kier molecular flexibility index (Phi) is 2.86. The van der Waals surface area contributed by atoms with Crippen LogP contribution in [0.1, 0.15) is 30.1 Å². The van der Waals surface area contributed by atoms with Gasteiger partial charge in [-0.05, 0) is 38.0 Å². The van der Waals surface area contributed by atoms with Crippen LogP contribution in [0.2, 0.25) is 0 Å². The fourth-order valence-electron chi connectivity index (χ4n) is 2.77. The van der Waals surface area contributed by atoms with Crippen LogP contribution in [-0.2, 0) is 0 Å². The predicted octanol–water partition coefficient (Wildman–Crippen LogP) is 2.15. The van der Waals surface area contributed by atoms with E-state index in [2.05, 4.69) is 17.6 Å². The molecular formula is C14H19N3O. The van der Waals surface area contributed by atoms with E-state index in [0.29, 0.717) is 6.04 Å². The van der Waals surface area contributed by atoms with Crippen molar-refractivity contribution < 1.29 is 4.79 Å². The summed E-state index contributed by atoms with van der Waals surface area (Å²) in [4.78, 5) is 14.4. The molecule has 0 spiro atoms. The summed E-state index contributed by atoms with van der Waals surface area (Å²) in [6, 6.07) is 6.26. The topological polar surface area (TPSA) is 44.4 Å². The highest BCUT2D eigenvalue weighted by Crippen LogP contribution is 2.27. The lowest BCUT2D eigenvalue weighted by Gasteiger charge is -2.24. The summed E-state index contributed by atoms with van der Waals surface area (Å²) in [5.74, 6) is 0.162. The minimum absolute atomic E-state index is 0.162. The molecule has 0 bridgehead atoms. The van der Waals surface area contributed by atoms with Gasteiger partial charge in [0.1, 0.15) is 0 Å². The van der Waals surface area contributed by atoms with E-state index >= 15 is 0 Å². The number of rotatable bonds is 1. The molecule has 1 atom stereocenters. The highest BCUT2D eigenvalue weighted by molar-refractivity contribution is 5.96. The zero-order valence-electron chi connectivity index (χ0n) is 10.7. The summed E-state index contributed by atoms with van der Waals surface area (Å²) < 4.78 is 0. The van der Waals surface area contributed by atoms with Crippen molar-refractivity contribution in [1.29, 1.82) is 0 Å². The molecule has 0 aliphatic carbocycles. The Balaban J connectivity index is 1.85. The van der Waals surface area contributed by atoms with Crippen LogP contribution in [-0.4, -0.2) is 36.5 Å². The Bertz CT molecular complexity index is 472. The molecule has 1 saturated heterocycles. The average Bonchev–Trinajstić information content (AvgIpc) is 2.83. The largest absolute Gasteiger partial charge is 0.382 e. The van der Waals surface area contributed by atoms with E-state index < -0.39 is 0 Å². The zero-order valence-corrected chi connectivity index (χ0v) is 10.7. The fourth-order valence-corrected chi connectivity index (χ4v) is 2.77. The van der Waals surface area contributed by atoms with Crippen LogP contribution in [0.15, 0.2) is 18.2 Å². The van der Waals surface area contributed by atoms with Gasteiger partial charge >= 0.3 is 0 Å². The lowest BCUT2D eigenvalue weighted by atomic mass is 10.1. The van der Waals surface area contributed by atoms with E-state index in [1.165, 1.54) is 0 Å². The first-order valence-corrected chi connectivity index (χ1v) is 6.68. The molecule has 0 radical (unpaired) electrons. The molecule has 2 heterocycles. The van der Waals surface area contributed by atoms with Gasteiger partial charge < -0.3 is 15.5 Å². The highest BCUT2D eigenvalue weighted by atomic mass is 16.2. The van der Waals surface area contributed by atoms with Crippen LogP contribution in [0.4, 0.5) is 11.4 Å². The van der Waals surface area contributed by atoms with Crippen molar-refractivity contribution in [1.82, 2.24) is 4.90 Å². The molecule has 96 valence electrons. The summed E-state index contributed by atoms with van der Waals surface area (Å²) >= 11 is 0. The molecular weight excluding hydrogens is 226 g/mol. The van der Waals surface area contributed by atoms with Crippen molar-refractivity contribution in [3.05, 3.63) is 23.8 Å². The number of anilines is 2. The minimum atomic E-state index is 0.162. The molecule has 0 aromatic heterocycles. The van der Waals surface area contributed by atoms with Crippen molar-refractivity contribution in [3.8, 4) is 0 Å². The predicted molar refractivity (Wildman–Crippen MR) is 73.2 cm³/mol. The van der Waals surface area contributed by atoms with Gasteiger partial charge in [0.25, 0.3) is 5.91 Å². The average molecular weight is 245 g/mol. The number of nitrogens with one attached hydrogen (secondary N) is 2. The molecule has 3 rings (SSSR count). The third-order valence-electron chi connectivity index (χ3n) is 3.84. The Morgan fingerprint density at radius 1 is 1.28 bits per heavy atom. The van der Waals surface area contributed by atoms with Crippen molar-refractivity contribution >= 4 is 17.3 Å². The molecule has 18 heavy (non-hydrogen) atoms. The summed E-state index contributed by atoms with van der Waals surface area (Å²) in [5, 5.41) is 6.65. The molecule has 2 aliphatic heterocycles. The summed E-state index contributed by atoms with van der Waals surface area (Å²) in [6.07, 6.45) is 2.24. The minimum Gasteiger partial charge on any atom is -0.382 e. The van der Waals surface area contributed by atoms with Crippen molar-refractivity contribution in [3.63, 3.8) is 0 Å². The smallest absolute Gasteiger partial charge is 0.254 e. The van der Waals surface area contributed by atoms with E-state index in [9.17, 15) is 4.79 Å². The van der Waals surface area contributed by atoms with Gasteiger partial charge in [0.2, 0.25) is 0 Å². The number of hydrogen-bond acceptors (Lipinski definition) is 3. The number of likely N-dealkylation sites (tertiary alicyclic amines) is 1. The van der Waals surface area contributed by atoms with Crippen LogP contribution in [0.5, 0.6) is 0 Å². The van der Waals surface area contributed by atoms with E-state index in [1.807, 2.05) is 23.1 Å². The van der Waals surface area contributed by atoms with Gasteiger partial charge in [-0.2, -0.15) is 0 Å². The number of carbonyl (C=O) groups is 1. The second-order valence-electron chi connectivity index (χ2n) is 5.10. The fraction of sp³-hybridized carbons (Fsp3) is 0.500. The second kappa shape index (κ2) is 4.52. The number of amides is 1. The van der Waals surface area contributed by atoms with Crippen molar-refractivity contribution in [2.75, 3.05) is 30.3 Å². The first kappa shape index (κ1) is 11.4. The molecule has 1 amide bonds. The second-order valence-corrected chi connectivity index (χ2v) is 5.10. The lowest BCUT2D eigenvalue weighted by Crippen LogP contribution is -2.33. The van der Waals surface area contributed by atoms with Crippen molar-refractivity contribution in [2.24, 2.45) is 0 Å². The number of benzene rings is 1. The van der Waals surface area contributed by atoms with Crippen LogP contribution in [0.3, 0.4) is 0 Å². The third-order valence-corrected chi connectivity index (χ3v) is 3.84. The first-order valence-electron chi connectivity index (χ1n) is 6.68. The maximum atomic E-state index is 12.4. The van der Waals surface area contributed by atoms with Gasteiger partial charge in [-0.25, -0.2) is 0 Å². The molecule has 0 saturated carbocycles. The van der Waals surface area contributed by atoms with Gasteiger partial charge in [-0.3, -0.25) is 4.79 Å². The maximum Gasteiger partial charge on any atom is 0.254 e. The molecule has 4 heteroatoms. The van der Waals surface area contributed by atoms with E-state index in [0.717, 1.165) is 49.4 Å². The number of fused-ring (bicyclic) bond motifs is 1. The van der Waals surface area contributed by atoms with E-state index in [1.54, 1.807) is 0 Å². The van der Waals surface area contributed by atoms with Crippen LogP contribution in [0, 0.1) is 0 Å². The zero-order chi connectivity index (χ0) is 12.5. The third kappa shape index (κ3) is 1.92. The quantitative estimate of drug-likeness (QED) is 0.797. The Morgan fingerprint density at radius 3 is 2.78 bits per heavy atom. The Morgan fingerprint density at radius 2 is 2.06 bits per heavy atom. The SMILES string of the molecule is CC1CCCN1C(=O)c1ccc2c(c1)NCCN2. The Labute approximate surface area is 107 Å². The molecule has 2 aliphatic rings. The van der Waals surface area contributed by atoms with Gasteiger partial charge in [-0.15, -0.1) is 0 Å². The molecule has 1 unspecified atom stereocenters. The number of carbonyl (C=O) groups excluding carboxylic acids is 1. The van der Waals surface area contributed by atoms with Gasteiger partial charge in [0.15, 0.2) is 0 Å². The van der Waals surface area contributed by atoms with Crippen molar-refractivity contribution in [2.45, 2.75) is 25.8 Å². The highest BCUT2D eigenvalue weighted by Gasteiger charge is 2.26. The normalized spacial score (nSPS) is 22.1. The molecule has 1 aromatic carbocycles. The number of hydrogen-bond donors (Lipinski definition) is 2. The van der Waals surface area contributed by atoms with Gasteiger partial charge in [-0.1, -0.05) is 0 Å².